The van der Waals surface area contributed by atoms with Crippen LogP contribution in [0.1, 0.15) is 23.7 Å². The van der Waals surface area contributed by atoms with Crippen molar-refractivity contribution < 1.29 is 20.1 Å². The van der Waals surface area contributed by atoms with Crippen LogP contribution >= 0.6 is 0 Å². The third-order valence-corrected chi connectivity index (χ3v) is 3.63. The molecule has 2 heterocycles. The van der Waals surface area contributed by atoms with Crippen molar-refractivity contribution in [3.8, 4) is 5.75 Å². The van der Waals surface area contributed by atoms with E-state index < -0.39 is 0 Å². The summed E-state index contributed by atoms with van der Waals surface area (Å²) in [6, 6.07) is 0. The summed E-state index contributed by atoms with van der Waals surface area (Å²) in [5.41, 5.74) is 2.57. The number of nitrogens with zero attached hydrogens (tertiary/aromatic N) is 2. The molecule has 0 amide bonds. The number of aryl methyl sites for hydroxylation is 1. The quantitative estimate of drug-likeness (QED) is 0.384. The Labute approximate surface area is 163 Å². The fraction of sp³-hybridized carbons (Fsp3) is 0.389. The van der Waals surface area contributed by atoms with Crippen LogP contribution in [0.4, 0.5) is 0 Å². The van der Waals surface area contributed by atoms with Crippen LogP contribution in [0.5, 0.6) is 5.75 Å². The molecule has 0 aromatic carbocycles. The molecule has 2 radical (unpaired) electrons. The Morgan fingerprint density at radius 3 is 2.46 bits per heavy atom. The Morgan fingerprint density at radius 1 is 1.23 bits per heavy atom. The number of hydrogen-bond acceptors (Lipinski definition) is 7. The molecule has 1 aromatic heterocycles. The molecule has 1 aromatic rings. The van der Waals surface area contributed by atoms with Crippen LogP contribution < -0.4 is 5.32 Å². The van der Waals surface area contributed by atoms with Crippen molar-refractivity contribution >= 4 is 32.6 Å². The molecule has 0 fully saturated rings. The van der Waals surface area contributed by atoms with E-state index in [4.69, 9.17) is 0 Å². The Balaban J connectivity index is 0.00000105. The summed E-state index contributed by atoms with van der Waals surface area (Å²) in [5, 5.41) is 31.6. The molecule has 26 heavy (non-hydrogen) atoms. The number of nitrogens with one attached hydrogen (secondary N) is 1. The average Bonchev–Trinajstić information content (AvgIpc) is 2.63. The molecule has 1 aliphatic rings. The Morgan fingerprint density at radius 2 is 1.88 bits per heavy atom. The summed E-state index contributed by atoms with van der Waals surface area (Å²) >= 11 is 0.230. The monoisotopic (exact) mass is 467 g/mol. The van der Waals surface area contributed by atoms with Crippen molar-refractivity contribution in [3.63, 3.8) is 0 Å². The minimum atomic E-state index is -0.294. The average molecular weight is 466 g/mol. The van der Waals surface area contributed by atoms with E-state index in [0.717, 1.165) is 0 Å². The van der Waals surface area contributed by atoms with Crippen molar-refractivity contribution in [2.75, 3.05) is 6.61 Å². The molecule has 4 N–H and O–H groups in total. The van der Waals surface area contributed by atoms with Crippen LogP contribution in [0, 0.1) is 6.92 Å². The van der Waals surface area contributed by atoms with E-state index in [-0.39, 0.29) is 52.4 Å². The first-order chi connectivity index (χ1) is 12.4. The second kappa shape index (κ2) is 11.1. The first kappa shape index (κ1) is 22.3. The maximum absolute atomic E-state index is 12.1. The number of aromatic nitrogens is 1. The first-order valence-corrected chi connectivity index (χ1v) is 13.8. The van der Waals surface area contributed by atoms with Crippen molar-refractivity contribution in [1.29, 1.82) is 0 Å². The van der Waals surface area contributed by atoms with E-state index in [1.54, 1.807) is 13.8 Å². The number of hydrogen-bond donors (Lipinski definition) is 4. The molecule has 140 valence electrons. The Kier molecular flexibility index (Phi) is 9.53. The second-order valence-corrected chi connectivity index (χ2v) is 8.50. The van der Waals surface area contributed by atoms with Gasteiger partial charge < -0.3 is 20.6 Å². The zero-order valence-corrected chi connectivity index (χ0v) is 18.4. The number of Topliss-reactive ketones (excluding diaryl/α,β-unsaturated/α-hetero) is 1. The van der Waals surface area contributed by atoms with Crippen molar-refractivity contribution in [1.82, 2.24) is 10.3 Å². The predicted molar refractivity (Wildman–Crippen MR) is 102 cm³/mol. The van der Waals surface area contributed by atoms with Crippen LogP contribution in [-0.4, -0.2) is 59.5 Å². The number of aliphatic hydroxyl groups excluding tert-OH is 2. The molecule has 0 bridgehead atoms. The van der Waals surface area contributed by atoms with Gasteiger partial charge in [0.2, 0.25) is 5.78 Å². The normalized spacial score (nSPS) is 15.2. The SMILES string of the molecule is CC1=NC=C(CO)/C(=C/NCc2c(CO)cnc(C)c2O)C1=O.[CH3][Sn][CH3]. The van der Waals surface area contributed by atoms with Crippen LogP contribution in [-0.2, 0) is 17.9 Å². The van der Waals surface area contributed by atoms with Gasteiger partial charge in [-0.3, -0.25) is 14.8 Å². The number of ketones is 1. The van der Waals surface area contributed by atoms with Crippen molar-refractivity contribution in [2.24, 2.45) is 4.99 Å². The summed E-state index contributed by atoms with van der Waals surface area (Å²) in [7, 11) is 0. The summed E-state index contributed by atoms with van der Waals surface area (Å²) < 4.78 is 0. The van der Waals surface area contributed by atoms with Gasteiger partial charge in [0, 0.05) is 47.4 Å². The molecule has 8 heteroatoms. The zero-order valence-electron chi connectivity index (χ0n) is 15.5. The number of pyridine rings is 1. The third-order valence-electron chi connectivity index (χ3n) is 3.63. The standard InChI is InChI=1S/C16H19N3O4.2CH3.Sn/c1-9-15(22)13(11(7-20)3-18-9)5-17-6-14-12(8-21)4-19-10(2)16(14)23;;;/h3-5,17,20-21,23H,6-8H2,1-2H3;2*1H3;/b13-5-;;;. The van der Waals surface area contributed by atoms with E-state index in [1.807, 2.05) is 0 Å². The molecular weight excluding hydrogens is 441 g/mol. The van der Waals surface area contributed by atoms with Gasteiger partial charge in [0.05, 0.1) is 24.6 Å². The van der Waals surface area contributed by atoms with Crippen molar-refractivity contribution in [2.45, 2.75) is 36.9 Å². The van der Waals surface area contributed by atoms with Gasteiger partial charge in [0.1, 0.15) is 5.75 Å². The minimum absolute atomic E-state index is 0.00749. The molecule has 0 unspecified atom stereocenters. The fourth-order valence-corrected chi connectivity index (χ4v) is 2.20. The van der Waals surface area contributed by atoms with Crippen molar-refractivity contribution in [3.05, 3.63) is 46.6 Å². The van der Waals surface area contributed by atoms with Crippen LogP contribution in [0.15, 0.2) is 34.7 Å². The van der Waals surface area contributed by atoms with Gasteiger partial charge in [-0.05, 0) is 13.8 Å². The summed E-state index contributed by atoms with van der Waals surface area (Å²) in [6.07, 6.45) is 4.44. The Hall–Kier alpha value is -1.71. The van der Waals surface area contributed by atoms with Gasteiger partial charge in [-0.2, -0.15) is 0 Å². The molecule has 0 saturated heterocycles. The summed E-state index contributed by atoms with van der Waals surface area (Å²) in [4.78, 5) is 24.6. The number of carbonyl (C=O) groups excluding carboxylic acids is 1. The van der Waals surface area contributed by atoms with E-state index in [1.165, 1.54) is 18.6 Å². The molecule has 0 atom stereocenters. The maximum atomic E-state index is 12.1. The van der Waals surface area contributed by atoms with E-state index in [9.17, 15) is 20.1 Å². The fourth-order valence-electron chi connectivity index (χ4n) is 2.20. The molecule has 0 spiro atoms. The second-order valence-electron chi connectivity index (χ2n) is 5.65. The molecular formula is C18H25N3O4Sn. The molecule has 2 rings (SSSR count). The van der Waals surface area contributed by atoms with E-state index in [2.05, 4.69) is 25.2 Å². The topological polar surface area (TPSA) is 115 Å². The number of aliphatic imine (C=N–C) groups is 1. The van der Waals surface area contributed by atoms with Crippen LogP contribution in [0.2, 0.25) is 9.88 Å². The number of aliphatic hydroxyl groups is 2. The molecule has 1 aliphatic heterocycles. The van der Waals surface area contributed by atoms with Gasteiger partial charge in [0.25, 0.3) is 0 Å². The van der Waals surface area contributed by atoms with Gasteiger partial charge in [-0.15, -0.1) is 0 Å². The van der Waals surface area contributed by atoms with Gasteiger partial charge >= 0.3 is 31.0 Å². The Bertz CT molecular complexity index is 742. The molecule has 0 aliphatic carbocycles. The van der Waals surface area contributed by atoms with Gasteiger partial charge in [0.15, 0.2) is 0 Å². The molecule has 7 nitrogen and oxygen atoms in total. The number of aromatic hydroxyl groups is 1. The van der Waals surface area contributed by atoms with Gasteiger partial charge in [-0.1, -0.05) is 0 Å². The van der Waals surface area contributed by atoms with Crippen LogP contribution in [0.25, 0.3) is 0 Å². The number of carbonyl (C=O) groups is 1. The summed E-state index contributed by atoms with van der Waals surface area (Å²) in [5.74, 6) is -0.255. The van der Waals surface area contributed by atoms with E-state index >= 15 is 0 Å². The zero-order chi connectivity index (χ0) is 19.7. The summed E-state index contributed by atoms with van der Waals surface area (Å²) in [6.45, 7) is 2.92. The molecule has 0 saturated carbocycles. The third kappa shape index (κ3) is 5.65. The number of rotatable bonds is 5. The first-order valence-electron chi connectivity index (χ1n) is 8.09. The predicted octanol–water partition coefficient (Wildman–Crippen LogP) is 1.27. The van der Waals surface area contributed by atoms with E-state index in [0.29, 0.717) is 33.7 Å². The van der Waals surface area contributed by atoms with Crippen LogP contribution in [0.3, 0.4) is 0 Å². The van der Waals surface area contributed by atoms with Gasteiger partial charge in [-0.25, -0.2) is 0 Å².